The lowest BCUT2D eigenvalue weighted by atomic mass is 9.83. The summed E-state index contributed by atoms with van der Waals surface area (Å²) < 4.78 is 39.2. The zero-order valence-electron chi connectivity index (χ0n) is 23.7. The molecule has 1 amide bonds. The van der Waals surface area contributed by atoms with Crippen LogP contribution in [0.3, 0.4) is 0 Å². The molecular weight excluding hydrogens is 546 g/mol. The maximum absolute atomic E-state index is 12.8. The van der Waals surface area contributed by atoms with Crippen molar-refractivity contribution < 1.29 is 38.0 Å². The Balaban J connectivity index is 1.60. The Kier molecular flexibility index (Phi) is 8.26. The van der Waals surface area contributed by atoms with Gasteiger partial charge in [-0.25, -0.2) is 4.79 Å². The topological polar surface area (TPSA) is 163 Å². The quantitative estimate of drug-likeness (QED) is 0.402. The Hall–Kier alpha value is -5.09. The molecule has 1 fully saturated rings. The van der Waals surface area contributed by atoms with Crippen LogP contribution in [0.5, 0.6) is 34.6 Å². The highest BCUT2D eigenvalue weighted by atomic mass is 16.6. The highest BCUT2D eigenvalue weighted by Crippen LogP contribution is 2.49. The molecule has 2 aliphatic heterocycles. The van der Waals surface area contributed by atoms with Gasteiger partial charge in [0.1, 0.15) is 11.6 Å². The molecule has 13 nitrogen and oxygen atoms in total. The van der Waals surface area contributed by atoms with Gasteiger partial charge in [-0.1, -0.05) is 6.07 Å². The summed E-state index contributed by atoms with van der Waals surface area (Å²) in [6.45, 7) is 3.90. The number of carbonyl (C=O) groups is 1. The zero-order valence-corrected chi connectivity index (χ0v) is 23.7. The van der Waals surface area contributed by atoms with Gasteiger partial charge in [-0.3, -0.25) is 5.10 Å². The summed E-state index contributed by atoms with van der Waals surface area (Å²) >= 11 is 0. The smallest absolute Gasteiger partial charge is 0.415 e. The molecule has 2 aromatic carbocycles. The molecule has 1 atom stereocenters. The number of morpholine rings is 1. The largest absolute Gasteiger partial charge is 0.493 e. The number of methoxy groups -OCH3 is 3. The number of hydrogen-bond donors (Lipinski definition) is 2. The number of fused-ring (bicyclic) bond motifs is 1. The van der Waals surface area contributed by atoms with Crippen LogP contribution in [-0.2, 0) is 4.74 Å². The predicted octanol–water partition coefficient (Wildman–Crippen LogP) is 3.55. The number of aromatic amines is 1. The van der Waals surface area contributed by atoms with E-state index in [0.717, 1.165) is 0 Å². The molecule has 0 spiro atoms. The van der Waals surface area contributed by atoms with E-state index in [1.807, 2.05) is 6.92 Å². The summed E-state index contributed by atoms with van der Waals surface area (Å²) in [4.78, 5) is 14.4. The number of ether oxygens (including phenoxy) is 7. The fraction of sp³-hybridized carbons (Fsp3) is 0.345. The van der Waals surface area contributed by atoms with Crippen molar-refractivity contribution in [2.45, 2.75) is 12.8 Å². The number of nitrogens with two attached hydrogens (primary N) is 1. The minimum absolute atomic E-state index is 0.0706. The van der Waals surface area contributed by atoms with Crippen LogP contribution in [0.4, 0.5) is 4.79 Å². The summed E-state index contributed by atoms with van der Waals surface area (Å²) in [5, 5.41) is 17.5. The average molecular weight is 578 g/mol. The summed E-state index contributed by atoms with van der Waals surface area (Å²) in [6.07, 6.45) is -0.498. The Morgan fingerprint density at radius 3 is 2.43 bits per heavy atom. The van der Waals surface area contributed by atoms with Crippen molar-refractivity contribution in [2.24, 2.45) is 5.73 Å². The van der Waals surface area contributed by atoms with Crippen LogP contribution in [0, 0.1) is 11.3 Å². The van der Waals surface area contributed by atoms with Crippen LogP contribution >= 0.6 is 0 Å². The number of carbonyl (C=O) groups excluding carboxylic acids is 1. The van der Waals surface area contributed by atoms with Gasteiger partial charge in [-0.2, -0.15) is 5.26 Å². The van der Waals surface area contributed by atoms with Crippen LogP contribution in [0.15, 0.2) is 41.8 Å². The Labute approximate surface area is 242 Å². The SMILES string of the molecule is CCOc1cc(C2C(C#N)=C(N)Oc3n[nH]c(-c4cc(OC)c(OC)c(OC)c4)c32)ccc1OC(=O)N1CCOCC1. The van der Waals surface area contributed by atoms with E-state index in [9.17, 15) is 10.1 Å². The molecule has 220 valence electrons. The maximum atomic E-state index is 12.8. The third-order valence-electron chi connectivity index (χ3n) is 6.96. The molecule has 1 saturated heterocycles. The second-order valence-corrected chi connectivity index (χ2v) is 9.26. The van der Waals surface area contributed by atoms with Crippen molar-refractivity contribution in [3.05, 3.63) is 52.9 Å². The summed E-state index contributed by atoms with van der Waals surface area (Å²) in [7, 11) is 4.57. The van der Waals surface area contributed by atoms with E-state index in [2.05, 4.69) is 16.3 Å². The molecule has 3 heterocycles. The van der Waals surface area contributed by atoms with Crippen LogP contribution < -0.4 is 34.2 Å². The van der Waals surface area contributed by atoms with Gasteiger partial charge in [0.15, 0.2) is 23.0 Å². The molecule has 42 heavy (non-hydrogen) atoms. The predicted molar refractivity (Wildman–Crippen MR) is 149 cm³/mol. The first-order valence-electron chi connectivity index (χ1n) is 13.2. The standard InChI is InChI=1S/C29H31N5O8/c1-5-40-20-12-16(6-7-19(20)41-29(35)34-8-10-39-11-9-34)23-18(15-30)27(31)42-28-24(23)25(32-33-28)17-13-21(36-2)26(38-4)22(14-17)37-3/h6-7,12-14,23H,5,8-11,31H2,1-4H3,(H,32,33). The Morgan fingerprint density at radius 2 is 1.81 bits per heavy atom. The van der Waals surface area contributed by atoms with Crippen LogP contribution in [-0.4, -0.2) is 75.4 Å². The Morgan fingerprint density at radius 1 is 1.10 bits per heavy atom. The lowest BCUT2D eigenvalue weighted by Gasteiger charge is -2.27. The molecule has 5 rings (SSSR count). The van der Waals surface area contributed by atoms with E-state index in [1.165, 1.54) is 21.3 Å². The second kappa shape index (κ2) is 12.2. The highest BCUT2D eigenvalue weighted by Gasteiger charge is 2.37. The monoisotopic (exact) mass is 577 g/mol. The molecule has 1 aromatic heterocycles. The molecule has 2 aliphatic rings. The number of H-pyrrole nitrogens is 1. The summed E-state index contributed by atoms with van der Waals surface area (Å²) in [5.74, 6) is 1.31. The van der Waals surface area contributed by atoms with Crippen LogP contribution in [0.25, 0.3) is 11.3 Å². The second-order valence-electron chi connectivity index (χ2n) is 9.26. The van der Waals surface area contributed by atoms with Crippen molar-refractivity contribution in [3.8, 4) is 52.0 Å². The number of nitrogens with one attached hydrogen (secondary N) is 1. The van der Waals surface area contributed by atoms with Gasteiger partial charge in [0, 0.05) is 18.7 Å². The molecule has 0 radical (unpaired) electrons. The number of amides is 1. The van der Waals surface area contributed by atoms with Gasteiger partial charge in [-0.15, -0.1) is 5.10 Å². The number of allylic oxidation sites excluding steroid dienone is 1. The fourth-order valence-electron chi connectivity index (χ4n) is 4.99. The Bertz CT molecular complexity index is 1530. The van der Waals surface area contributed by atoms with Crippen LogP contribution in [0.1, 0.15) is 24.0 Å². The lowest BCUT2D eigenvalue weighted by Crippen LogP contribution is -2.42. The van der Waals surface area contributed by atoms with E-state index in [4.69, 9.17) is 38.9 Å². The van der Waals surface area contributed by atoms with Gasteiger partial charge in [-0.05, 0) is 36.8 Å². The molecule has 0 aliphatic carbocycles. The zero-order chi connectivity index (χ0) is 29.8. The molecule has 0 saturated carbocycles. The molecule has 13 heteroatoms. The first-order valence-corrected chi connectivity index (χ1v) is 13.2. The van der Waals surface area contributed by atoms with Gasteiger partial charge in [0.25, 0.3) is 0 Å². The van der Waals surface area contributed by atoms with Crippen molar-refractivity contribution in [3.63, 3.8) is 0 Å². The average Bonchev–Trinajstić information content (AvgIpc) is 3.44. The van der Waals surface area contributed by atoms with E-state index in [-0.39, 0.29) is 23.1 Å². The first kappa shape index (κ1) is 28.4. The maximum Gasteiger partial charge on any atom is 0.415 e. The van der Waals surface area contributed by atoms with Gasteiger partial charge in [0.2, 0.25) is 17.5 Å². The number of rotatable bonds is 8. The first-order chi connectivity index (χ1) is 20.4. The minimum atomic E-state index is -0.699. The lowest BCUT2D eigenvalue weighted by molar-refractivity contribution is 0.0413. The number of nitriles is 1. The van der Waals surface area contributed by atoms with Gasteiger partial charge >= 0.3 is 6.09 Å². The van der Waals surface area contributed by atoms with E-state index >= 15 is 0 Å². The van der Waals surface area contributed by atoms with Gasteiger partial charge < -0.3 is 43.8 Å². The van der Waals surface area contributed by atoms with Crippen molar-refractivity contribution in [1.82, 2.24) is 15.1 Å². The van der Waals surface area contributed by atoms with Crippen molar-refractivity contribution in [1.29, 1.82) is 5.26 Å². The third kappa shape index (κ3) is 5.19. The number of nitrogens with zero attached hydrogens (tertiary/aromatic N) is 3. The fourth-order valence-corrected chi connectivity index (χ4v) is 4.99. The van der Waals surface area contributed by atoms with Crippen molar-refractivity contribution >= 4 is 6.09 Å². The molecule has 0 bridgehead atoms. The third-order valence-corrected chi connectivity index (χ3v) is 6.96. The molecular formula is C29H31N5O8. The van der Waals surface area contributed by atoms with Crippen LogP contribution in [0.2, 0.25) is 0 Å². The molecule has 1 unspecified atom stereocenters. The van der Waals surface area contributed by atoms with E-state index in [0.29, 0.717) is 78.3 Å². The van der Waals surface area contributed by atoms with E-state index < -0.39 is 12.0 Å². The number of hydrogen-bond acceptors (Lipinski definition) is 11. The highest BCUT2D eigenvalue weighted by molar-refractivity contribution is 5.76. The summed E-state index contributed by atoms with van der Waals surface area (Å²) in [5.41, 5.74) is 8.77. The van der Waals surface area contributed by atoms with Gasteiger partial charge in [0.05, 0.1) is 58.3 Å². The van der Waals surface area contributed by atoms with Crippen molar-refractivity contribution in [2.75, 3.05) is 54.2 Å². The van der Waals surface area contributed by atoms with E-state index in [1.54, 1.807) is 35.2 Å². The molecule has 3 N–H and O–H groups in total. The normalized spacial score (nSPS) is 16.2. The summed E-state index contributed by atoms with van der Waals surface area (Å²) in [6, 6.07) is 10.8. The number of aromatic nitrogens is 2. The molecule has 3 aromatic rings. The minimum Gasteiger partial charge on any atom is -0.493 e. The number of benzene rings is 2.